The van der Waals surface area contributed by atoms with Gasteiger partial charge in [0.2, 0.25) is 0 Å². The number of benzene rings is 3. The lowest BCUT2D eigenvalue weighted by atomic mass is 10.1. The number of imidazole rings is 2. The average molecular weight is 421 g/mol. The van der Waals surface area contributed by atoms with Gasteiger partial charge in [-0.3, -0.25) is 0 Å². The van der Waals surface area contributed by atoms with E-state index >= 15 is 0 Å². The first kappa shape index (κ1) is 19.8. The first-order chi connectivity index (χ1) is 15.6. The van der Waals surface area contributed by atoms with E-state index in [2.05, 4.69) is 58.8 Å². The fourth-order valence-corrected chi connectivity index (χ4v) is 4.00. The molecule has 0 bridgehead atoms. The van der Waals surface area contributed by atoms with Crippen LogP contribution in [0.1, 0.15) is 11.1 Å². The maximum absolute atomic E-state index is 6.18. The fraction of sp³-hybridized carbons (Fsp3) is 0.111. The predicted octanol–water partition coefficient (Wildman–Crippen LogP) is 6.35. The molecule has 2 heterocycles. The van der Waals surface area contributed by atoms with Crippen molar-refractivity contribution in [3.05, 3.63) is 103 Å². The Hall–Kier alpha value is -4.12. The van der Waals surface area contributed by atoms with E-state index in [4.69, 9.17) is 4.74 Å². The van der Waals surface area contributed by atoms with Crippen LogP contribution in [0.2, 0.25) is 0 Å². The summed E-state index contributed by atoms with van der Waals surface area (Å²) in [7, 11) is 1.98. The second kappa shape index (κ2) is 8.19. The molecule has 0 aliphatic heterocycles. The molecule has 5 nitrogen and oxygen atoms in total. The van der Waals surface area contributed by atoms with E-state index in [0.717, 1.165) is 34.1 Å². The summed E-state index contributed by atoms with van der Waals surface area (Å²) in [6.07, 6.45) is 7.67. The van der Waals surface area contributed by atoms with E-state index in [9.17, 15) is 0 Å². The minimum Gasteiger partial charge on any atom is -0.457 e. The van der Waals surface area contributed by atoms with Crippen LogP contribution < -0.4 is 4.74 Å². The lowest BCUT2D eigenvalue weighted by Gasteiger charge is -2.10. The van der Waals surface area contributed by atoms with Crippen molar-refractivity contribution in [2.45, 2.75) is 13.8 Å². The number of aromatic nitrogens is 4. The highest BCUT2D eigenvalue weighted by Gasteiger charge is 2.10. The Balaban J connectivity index is 1.42. The van der Waals surface area contributed by atoms with Crippen molar-refractivity contribution in [3.63, 3.8) is 0 Å². The lowest BCUT2D eigenvalue weighted by Crippen LogP contribution is -1.96. The van der Waals surface area contributed by atoms with Crippen LogP contribution in [0.5, 0.6) is 11.5 Å². The van der Waals surface area contributed by atoms with Gasteiger partial charge in [-0.05, 0) is 49.2 Å². The average Bonchev–Trinajstić information content (AvgIpc) is 3.44. The van der Waals surface area contributed by atoms with Crippen LogP contribution in [-0.2, 0) is 7.05 Å². The quantitative estimate of drug-likeness (QED) is 0.333. The molecule has 0 N–H and O–H groups in total. The molecule has 158 valence electrons. The minimum absolute atomic E-state index is 0.765. The van der Waals surface area contributed by atoms with Gasteiger partial charge in [-0.25, -0.2) is 9.97 Å². The topological polar surface area (TPSA) is 44.9 Å². The molecule has 0 amide bonds. The molecule has 0 atom stereocenters. The van der Waals surface area contributed by atoms with Crippen molar-refractivity contribution in [1.82, 2.24) is 19.1 Å². The Labute approximate surface area is 187 Å². The molecule has 0 fully saturated rings. The van der Waals surface area contributed by atoms with Gasteiger partial charge < -0.3 is 13.9 Å². The van der Waals surface area contributed by atoms with Gasteiger partial charge in [0.05, 0.1) is 17.7 Å². The van der Waals surface area contributed by atoms with Crippen molar-refractivity contribution in [2.24, 2.45) is 7.05 Å². The zero-order valence-electron chi connectivity index (χ0n) is 18.4. The fourth-order valence-electron chi connectivity index (χ4n) is 4.00. The van der Waals surface area contributed by atoms with Crippen LogP contribution in [0.4, 0.5) is 0 Å². The number of hydrogen-bond acceptors (Lipinski definition) is 3. The Bertz CT molecular complexity index is 1380. The van der Waals surface area contributed by atoms with Gasteiger partial charge in [-0.15, -0.1) is 0 Å². The number of hydrogen-bond donors (Lipinski definition) is 0. The van der Waals surface area contributed by atoms with Gasteiger partial charge in [-0.1, -0.05) is 42.5 Å². The molecular weight excluding hydrogens is 396 g/mol. The Morgan fingerprint density at radius 1 is 0.781 bits per heavy atom. The SMILES string of the molecule is Cc1cccc(C)c1-n1cnc(-c2cccc(Oc3cccc(-c4nccn4C)c3)c2)c1. The Morgan fingerprint density at radius 2 is 1.44 bits per heavy atom. The van der Waals surface area contributed by atoms with Crippen LogP contribution in [0.25, 0.3) is 28.3 Å². The Morgan fingerprint density at radius 3 is 2.12 bits per heavy atom. The van der Waals surface area contributed by atoms with Gasteiger partial charge in [0.1, 0.15) is 17.3 Å². The van der Waals surface area contributed by atoms with E-state index in [-0.39, 0.29) is 0 Å². The maximum Gasteiger partial charge on any atom is 0.139 e. The van der Waals surface area contributed by atoms with Crippen LogP contribution in [0, 0.1) is 13.8 Å². The van der Waals surface area contributed by atoms with Gasteiger partial charge in [0.25, 0.3) is 0 Å². The lowest BCUT2D eigenvalue weighted by molar-refractivity contribution is 0.483. The number of rotatable bonds is 5. The molecule has 0 spiro atoms. The molecule has 0 saturated heterocycles. The van der Waals surface area contributed by atoms with E-state index in [1.807, 2.05) is 66.6 Å². The van der Waals surface area contributed by atoms with E-state index < -0.39 is 0 Å². The van der Waals surface area contributed by atoms with Crippen LogP contribution in [0.15, 0.2) is 91.6 Å². The Kier molecular flexibility index (Phi) is 5.07. The number of nitrogens with zero attached hydrogens (tertiary/aromatic N) is 4. The normalized spacial score (nSPS) is 11.0. The molecule has 5 rings (SSSR count). The van der Waals surface area contributed by atoms with Crippen LogP contribution in [0.3, 0.4) is 0 Å². The molecular formula is C27H24N4O. The number of ether oxygens (including phenoxy) is 1. The standard InChI is InChI=1S/C27H24N4O/c1-19-7-4-8-20(2)26(19)31-17-25(29-18-31)21-9-5-11-23(15-21)32-24-12-6-10-22(16-24)27-28-13-14-30(27)3/h4-18H,1-3H3. The molecule has 0 unspecified atom stereocenters. The van der Waals surface area contributed by atoms with Crippen LogP contribution in [-0.4, -0.2) is 19.1 Å². The largest absolute Gasteiger partial charge is 0.457 e. The molecule has 0 aliphatic carbocycles. The highest BCUT2D eigenvalue weighted by molar-refractivity contribution is 5.63. The second-order valence-electron chi connectivity index (χ2n) is 7.93. The highest BCUT2D eigenvalue weighted by Crippen LogP contribution is 2.30. The monoisotopic (exact) mass is 420 g/mol. The molecule has 2 aromatic heterocycles. The first-order valence-electron chi connectivity index (χ1n) is 10.5. The highest BCUT2D eigenvalue weighted by atomic mass is 16.5. The molecule has 0 saturated carbocycles. The smallest absolute Gasteiger partial charge is 0.139 e. The second-order valence-corrected chi connectivity index (χ2v) is 7.93. The summed E-state index contributed by atoms with van der Waals surface area (Å²) < 4.78 is 10.3. The number of para-hydroxylation sites is 1. The molecule has 5 aromatic rings. The molecule has 3 aromatic carbocycles. The zero-order chi connectivity index (χ0) is 22.1. The van der Waals surface area contributed by atoms with E-state index in [0.29, 0.717) is 0 Å². The summed E-state index contributed by atoms with van der Waals surface area (Å²) in [6.45, 7) is 4.24. The van der Waals surface area contributed by atoms with Crippen molar-refractivity contribution >= 4 is 0 Å². The summed E-state index contributed by atoms with van der Waals surface area (Å²) in [4.78, 5) is 9.07. The first-order valence-corrected chi connectivity index (χ1v) is 10.5. The predicted molar refractivity (Wildman–Crippen MR) is 127 cm³/mol. The summed E-state index contributed by atoms with van der Waals surface area (Å²) >= 11 is 0. The molecule has 32 heavy (non-hydrogen) atoms. The van der Waals surface area contributed by atoms with Gasteiger partial charge in [0, 0.05) is 36.8 Å². The van der Waals surface area contributed by atoms with Crippen molar-refractivity contribution in [2.75, 3.05) is 0 Å². The third kappa shape index (κ3) is 3.81. The maximum atomic E-state index is 6.18. The minimum atomic E-state index is 0.765. The summed E-state index contributed by atoms with van der Waals surface area (Å²) in [5.41, 5.74) is 6.54. The molecule has 5 heteroatoms. The van der Waals surface area contributed by atoms with Gasteiger partial charge >= 0.3 is 0 Å². The van der Waals surface area contributed by atoms with Crippen LogP contribution >= 0.6 is 0 Å². The van der Waals surface area contributed by atoms with Crippen molar-refractivity contribution in [3.8, 4) is 39.8 Å². The third-order valence-electron chi connectivity index (χ3n) is 5.56. The summed E-state index contributed by atoms with van der Waals surface area (Å²) in [5, 5.41) is 0. The zero-order valence-corrected chi connectivity index (χ0v) is 18.4. The van der Waals surface area contributed by atoms with Crippen molar-refractivity contribution < 1.29 is 4.74 Å². The molecule has 0 radical (unpaired) electrons. The van der Waals surface area contributed by atoms with Gasteiger partial charge in [0.15, 0.2) is 0 Å². The van der Waals surface area contributed by atoms with E-state index in [1.54, 1.807) is 6.20 Å². The van der Waals surface area contributed by atoms with Gasteiger partial charge in [-0.2, -0.15) is 0 Å². The molecule has 0 aliphatic rings. The summed E-state index contributed by atoms with van der Waals surface area (Å²) in [5.74, 6) is 2.44. The number of aryl methyl sites for hydroxylation is 3. The third-order valence-corrected chi connectivity index (χ3v) is 5.56. The van der Waals surface area contributed by atoms with Crippen molar-refractivity contribution in [1.29, 1.82) is 0 Å². The summed E-state index contributed by atoms with van der Waals surface area (Å²) in [6, 6.07) is 22.3. The van der Waals surface area contributed by atoms with E-state index in [1.165, 1.54) is 16.8 Å².